The number of unbranched alkanes of at least 4 members (excludes halogenated alkanes) is 1. The normalized spacial score (nSPS) is 21.0. The number of hydrogen-bond acceptors (Lipinski definition) is 1. The number of piperazine rings is 1. The molecule has 2 nitrogen and oxygen atoms in total. The molecule has 0 bridgehead atoms. The minimum absolute atomic E-state index is 0. The molecule has 0 spiro atoms. The summed E-state index contributed by atoms with van der Waals surface area (Å²) >= 11 is 0. The third-order valence-corrected chi connectivity index (χ3v) is 3.95. The molecule has 15 heavy (non-hydrogen) atoms. The van der Waals surface area contributed by atoms with E-state index in [4.69, 9.17) is 0 Å². The van der Waals surface area contributed by atoms with E-state index in [-0.39, 0.29) is 17.0 Å². The topological polar surface area (TPSA) is 3.24 Å². The lowest BCUT2D eigenvalue weighted by Gasteiger charge is -2.43. The van der Waals surface area contributed by atoms with Gasteiger partial charge in [-0.1, -0.05) is 13.3 Å². The first-order valence-corrected chi connectivity index (χ1v) is 6.33. The lowest BCUT2D eigenvalue weighted by molar-refractivity contribution is -0.928. The molecule has 0 atom stereocenters. The van der Waals surface area contributed by atoms with Crippen LogP contribution in [0, 0.1) is 0 Å². The van der Waals surface area contributed by atoms with Crippen LogP contribution in [0.25, 0.3) is 0 Å². The third-order valence-electron chi connectivity index (χ3n) is 3.95. The maximum Gasteiger partial charge on any atom is 0.0916 e. The Morgan fingerprint density at radius 1 is 1.00 bits per heavy atom. The summed E-state index contributed by atoms with van der Waals surface area (Å²) in [5.74, 6) is 0. The van der Waals surface area contributed by atoms with Crippen LogP contribution < -0.4 is 17.0 Å². The predicted octanol–water partition coefficient (Wildman–Crippen LogP) is -1.04. The highest BCUT2D eigenvalue weighted by molar-refractivity contribution is 4.63. The van der Waals surface area contributed by atoms with Crippen LogP contribution in [0.15, 0.2) is 0 Å². The van der Waals surface area contributed by atoms with Crippen molar-refractivity contribution in [3.63, 3.8) is 0 Å². The van der Waals surface area contributed by atoms with E-state index in [1.807, 2.05) is 0 Å². The van der Waals surface area contributed by atoms with Crippen LogP contribution in [0.3, 0.4) is 0 Å². The smallest absolute Gasteiger partial charge is 0.0916 e. The van der Waals surface area contributed by atoms with E-state index in [9.17, 15) is 0 Å². The highest BCUT2D eigenvalue weighted by Gasteiger charge is 2.28. The zero-order valence-electron chi connectivity index (χ0n) is 10.6. The second-order valence-electron chi connectivity index (χ2n) is 4.62. The van der Waals surface area contributed by atoms with Gasteiger partial charge in [0.2, 0.25) is 0 Å². The Hall–Kier alpha value is 0.400. The average Bonchev–Trinajstić information content (AvgIpc) is 2.27. The third kappa shape index (κ3) is 4.41. The molecule has 1 rings (SSSR count). The fraction of sp³-hybridized carbons (Fsp3) is 1.00. The van der Waals surface area contributed by atoms with E-state index >= 15 is 0 Å². The molecular formula is C12H27BrN2. The van der Waals surface area contributed by atoms with Gasteiger partial charge in [0.25, 0.3) is 0 Å². The molecule has 1 heterocycles. The van der Waals surface area contributed by atoms with Crippen LogP contribution in [0.1, 0.15) is 33.6 Å². The fourth-order valence-corrected chi connectivity index (χ4v) is 2.39. The molecule has 0 radical (unpaired) electrons. The summed E-state index contributed by atoms with van der Waals surface area (Å²) in [6.45, 7) is 16.3. The van der Waals surface area contributed by atoms with Crippen molar-refractivity contribution >= 4 is 0 Å². The second-order valence-corrected chi connectivity index (χ2v) is 4.62. The van der Waals surface area contributed by atoms with Gasteiger partial charge in [-0.05, 0) is 26.8 Å². The van der Waals surface area contributed by atoms with Gasteiger partial charge in [0, 0.05) is 13.1 Å². The van der Waals surface area contributed by atoms with Gasteiger partial charge in [-0.3, -0.25) is 4.90 Å². The van der Waals surface area contributed by atoms with Crippen LogP contribution in [0.5, 0.6) is 0 Å². The minimum Gasteiger partial charge on any atom is -1.00 e. The van der Waals surface area contributed by atoms with E-state index in [0.29, 0.717) is 0 Å². The Morgan fingerprint density at radius 2 is 1.53 bits per heavy atom. The van der Waals surface area contributed by atoms with Gasteiger partial charge in [-0.2, -0.15) is 0 Å². The van der Waals surface area contributed by atoms with Crippen molar-refractivity contribution in [1.82, 2.24) is 4.90 Å². The molecule has 1 aliphatic heterocycles. The van der Waals surface area contributed by atoms with Crippen LogP contribution in [-0.4, -0.2) is 55.2 Å². The standard InChI is InChI=1S/C12H27N2.BrH/c1-4-7-8-13-9-11-14(5-2,6-3)12-10-13;/h4-12H2,1-3H3;1H/q+1;/p-1. The Balaban J connectivity index is 0.00000196. The first-order chi connectivity index (χ1) is 6.76. The molecule has 1 aliphatic rings. The molecule has 0 amide bonds. The molecule has 3 heteroatoms. The Labute approximate surface area is 106 Å². The molecule has 0 aromatic rings. The largest absolute Gasteiger partial charge is 1.00 e. The summed E-state index contributed by atoms with van der Waals surface area (Å²) in [6.07, 6.45) is 2.70. The van der Waals surface area contributed by atoms with Gasteiger partial charge in [-0.15, -0.1) is 0 Å². The molecule has 1 fully saturated rings. The molecule has 0 unspecified atom stereocenters. The average molecular weight is 279 g/mol. The Morgan fingerprint density at radius 3 is 1.93 bits per heavy atom. The van der Waals surface area contributed by atoms with Crippen molar-refractivity contribution in [2.24, 2.45) is 0 Å². The lowest BCUT2D eigenvalue weighted by Crippen LogP contribution is -3.00. The molecule has 1 saturated heterocycles. The number of hydrogen-bond donors (Lipinski definition) is 0. The lowest BCUT2D eigenvalue weighted by atomic mass is 10.2. The summed E-state index contributed by atoms with van der Waals surface area (Å²) in [4.78, 5) is 2.64. The summed E-state index contributed by atoms with van der Waals surface area (Å²) in [5.41, 5.74) is 0. The molecule has 0 aromatic heterocycles. The van der Waals surface area contributed by atoms with Crippen molar-refractivity contribution in [2.75, 3.05) is 45.8 Å². The van der Waals surface area contributed by atoms with Crippen molar-refractivity contribution in [1.29, 1.82) is 0 Å². The van der Waals surface area contributed by atoms with Crippen LogP contribution in [0.4, 0.5) is 0 Å². The first-order valence-electron chi connectivity index (χ1n) is 6.33. The van der Waals surface area contributed by atoms with Gasteiger partial charge >= 0.3 is 0 Å². The maximum absolute atomic E-state index is 2.64. The van der Waals surface area contributed by atoms with Crippen LogP contribution in [-0.2, 0) is 0 Å². The number of halogens is 1. The number of likely N-dealkylation sites (N-methyl/N-ethyl adjacent to an activating group) is 1. The van der Waals surface area contributed by atoms with E-state index in [0.717, 1.165) is 0 Å². The Bertz CT molecular complexity index is 148. The monoisotopic (exact) mass is 278 g/mol. The molecular weight excluding hydrogens is 252 g/mol. The summed E-state index contributed by atoms with van der Waals surface area (Å²) < 4.78 is 1.35. The zero-order chi connectivity index (χ0) is 10.4. The van der Waals surface area contributed by atoms with Crippen molar-refractivity contribution < 1.29 is 21.5 Å². The Kier molecular flexibility index (Phi) is 7.84. The van der Waals surface area contributed by atoms with Gasteiger partial charge in [0.05, 0.1) is 26.2 Å². The number of nitrogens with zero attached hydrogens (tertiary/aromatic N) is 2. The van der Waals surface area contributed by atoms with Gasteiger partial charge in [0.15, 0.2) is 0 Å². The van der Waals surface area contributed by atoms with Gasteiger partial charge in [-0.25, -0.2) is 0 Å². The van der Waals surface area contributed by atoms with E-state index < -0.39 is 0 Å². The quantitative estimate of drug-likeness (QED) is 0.581. The number of quaternary nitrogens is 1. The van der Waals surface area contributed by atoms with Crippen LogP contribution in [0.2, 0.25) is 0 Å². The van der Waals surface area contributed by atoms with Crippen LogP contribution >= 0.6 is 0 Å². The van der Waals surface area contributed by atoms with E-state index in [1.165, 1.54) is 63.1 Å². The fourth-order valence-electron chi connectivity index (χ4n) is 2.39. The van der Waals surface area contributed by atoms with E-state index in [2.05, 4.69) is 25.7 Å². The first kappa shape index (κ1) is 15.4. The zero-order valence-corrected chi connectivity index (χ0v) is 12.2. The maximum atomic E-state index is 2.64. The highest BCUT2D eigenvalue weighted by atomic mass is 79.9. The SMILES string of the molecule is CCCCN1CC[N+](CC)(CC)CC1.[Br-]. The molecule has 0 saturated carbocycles. The summed E-state index contributed by atoms with van der Waals surface area (Å²) in [5, 5.41) is 0. The van der Waals surface area contributed by atoms with Gasteiger partial charge < -0.3 is 21.5 Å². The highest BCUT2D eigenvalue weighted by Crippen LogP contribution is 2.12. The number of rotatable bonds is 5. The minimum atomic E-state index is 0. The van der Waals surface area contributed by atoms with E-state index in [1.54, 1.807) is 0 Å². The molecule has 92 valence electrons. The summed E-state index contributed by atoms with van der Waals surface area (Å²) in [6, 6.07) is 0. The molecule has 0 N–H and O–H groups in total. The van der Waals surface area contributed by atoms with Crippen molar-refractivity contribution in [2.45, 2.75) is 33.6 Å². The predicted molar refractivity (Wildman–Crippen MR) is 62.4 cm³/mol. The molecule has 0 aliphatic carbocycles. The summed E-state index contributed by atoms with van der Waals surface area (Å²) in [7, 11) is 0. The van der Waals surface area contributed by atoms with Crippen molar-refractivity contribution in [3.8, 4) is 0 Å². The second kappa shape index (κ2) is 7.64. The van der Waals surface area contributed by atoms with Crippen molar-refractivity contribution in [3.05, 3.63) is 0 Å². The van der Waals surface area contributed by atoms with Gasteiger partial charge in [0.1, 0.15) is 0 Å². The molecule has 0 aromatic carbocycles.